The Hall–Kier alpha value is -2.34. The number of hydrogen-bond acceptors (Lipinski definition) is 3. The van der Waals surface area contributed by atoms with Crippen molar-refractivity contribution in [1.82, 2.24) is 4.90 Å². The zero-order valence-electron chi connectivity index (χ0n) is 12.7. The zero-order chi connectivity index (χ0) is 16.3. The number of rotatable bonds is 4. The predicted octanol–water partition coefficient (Wildman–Crippen LogP) is 2.50. The van der Waals surface area contributed by atoms with Crippen molar-refractivity contribution in [3.8, 4) is 0 Å². The lowest BCUT2D eigenvalue weighted by atomic mass is 10.1. The van der Waals surface area contributed by atoms with Gasteiger partial charge in [-0.05, 0) is 36.8 Å². The molecule has 2 aromatic carbocycles. The van der Waals surface area contributed by atoms with E-state index in [0.29, 0.717) is 16.8 Å². The number of anilines is 1. The van der Waals surface area contributed by atoms with Crippen LogP contribution in [0.15, 0.2) is 53.4 Å². The summed E-state index contributed by atoms with van der Waals surface area (Å²) in [6.07, 6.45) is 0. The van der Waals surface area contributed by atoms with Crippen LogP contribution in [-0.4, -0.2) is 33.3 Å². The van der Waals surface area contributed by atoms with Gasteiger partial charge in [0.15, 0.2) is 0 Å². The van der Waals surface area contributed by atoms with Gasteiger partial charge >= 0.3 is 0 Å². The molecule has 0 saturated carbocycles. The first-order valence-corrected chi connectivity index (χ1v) is 8.20. The zero-order valence-corrected chi connectivity index (χ0v) is 13.5. The maximum atomic E-state index is 12.4. The lowest BCUT2D eigenvalue weighted by Gasteiger charge is -2.16. The molecule has 0 aliphatic carbocycles. The lowest BCUT2D eigenvalue weighted by Crippen LogP contribution is -2.23. The molecule has 1 amide bonds. The summed E-state index contributed by atoms with van der Waals surface area (Å²) in [5, 5.41) is 0. The Labute approximate surface area is 130 Å². The third-order valence-corrected chi connectivity index (χ3v) is 4.65. The van der Waals surface area contributed by atoms with Gasteiger partial charge in [0.1, 0.15) is 0 Å². The van der Waals surface area contributed by atoms with E-state index in [2.05, 4.69) is 4.72 Å². The number of hydrogen-bond donors (Lipinski definition) is 1. The molecule has 0 unspecified atom stereocenters. The van der Waals surface area contributed by atoms with Crippen molar-refractivity contribution in [1.29, 1.82) is 0 Å². The largest absolute Gasteiger partial charge is 0.345 e. The number of benzene rings is 2. The molecule has 5 nitrogen and oxygen atoms in total. The maximum absolute atomic E-state index is 12.4. The quantitative estimate of drug-likeness (QED) is 0.942. The highest BCUT2D eigenvalue weighted by molar-refractivity contribution is 7.92. The Morgan fingerprint density at radius 3 is 2.23 bits per heavy atom. The standard InChI is InChI=1S/C16H18N2O3S/c1-12-14(16(19)18(2)3)10-7-11-15(12)17-22(20,21)13-8-5-4-6-9-13/h4-11,17H,1-3H3. The van der Waals surface area contributed by atoms with Gasteiger partial charge in [-0.1, -0.05) is 24.3 Å². The average Bonchev–Trinajstić information content (AvgIpc) is 2.49. The Kier molecular flexibility index (Phi) is 4.51. The van der Waals surface area contributed by atoms with Crippen LogP contribution in [0.3, 0.4) is 0 Å². The van der Waals surface area contributed by atoms with Crippen molar-refractivity contribution >= 4 is 21.6 Å². The minimum Gasteiger partial charge on any atom is -0.345 e. The molecule has 1 N–H and O–H groups in total. The van der Waals surface area contributed by atoms with Gasteiger partial charge in [-0.25, -0.2) is 8.42 Å². The molecular weight excluding hydrogens is 300 g/mol. The van der Waals surface area contributed by atoms with Crippen LogP contribution in [-0.2, 0) is 10.0 Å². The van der Waals surface area contributed by atoms with Crippen molar-refractivity contribution < 1.29 is 13.2 Å². The van der Waals surface area contributed by atoms with Crippen molar-refractivity contribution in [2.45, 2.75) is 11.8 Å². The van der Waals surface area contributed by atoms with Crippen molar-refractivity contribution in [3.05, 3.63) is 59.7 Å². The number of nitrogens with zero attached hydrogens (tertiary/aromatic N) is 1. The fourth-order valence-electron chi connectivity index (χ4n) is 2.02. The molecule has 2 aromatic rings. The fraction of sp³-hybridized carbons (Fsp3) is 0.188. The minimum atomic E-state index is -3.67. The van der Waals surface area contributed by atoms with Crippen LogP contribution in [0.5, 0.6) is 0 Å². The van der Waals surface area contributed by atoms with E-state index in [1.165, 1.54) is 17.0 Å². The molecule has 0 atom stereocenters. The van der Waals surface area contributed by atoms with E-state index in [1.807, 2.05) is 0 Å². The highest BCUT2D eigenvalue weighted by Crippen LogP contribution is 2.23. The summed E-state index contributed by atoms with van der Waals surface area (Å²) in [6, 6.07) is 13.1. The lowest BCUT2D eigenvalue weighted by molar-refractivity contribution is 0.0827. The maximum Gasteiger partial charge on any atom is 0.261 e. The van der Waals surface area contributed by atoms with Gasteiger partial charge < -0.3 is 4.90 Å². The number of carbonyl (C=O) groups excluding carboxylic acids is 1. The van der Waals surface area contributed by atoms with Crippen LogP contribution < -0.4 is 4.72 Å². The van der Waals surface area contributed by atoms with E-state index in [4.69, 9.17) is 0 Å². The van der Waals surface area contributed by atoms with Crippen LogP contribution in [0.2, 0.25) is 0 Å². The van der Waals surface area contributed by atoms with Crippen LogP contribution >= 0.6 is 0 Å². The van der Waals surface area contributed by atoms with Gasteiger partial charge in [0.25, 0.3) is 15.9 Å². The van der Waals surface area contributed by atoms with Crippen LogP contribution in [0.1, 0.15) is 15.9 Å². The van der Waals surface area contributed by atoms with Crippen molar-refractivity contribution in [2.75, 3.05) is 18.8 Å². The van der Waals surface area contributed by atoms with E-state index in [1.54, 1.807) is 57.4 Å². The third kappa shape index (κ3) is 3.28. The molecule has 6 heteroatoms. The molecule has 0 aromatic heterocycles. The fourth-order valence-corrected chi connectivity index (χ4v) is 3.17. The molecule has 116 valence electrons. The van der Waals surface area contributed by atoms with Crippen LogP contribution in [0.25, 0.3) is 0 Å². The van der Waals surface area contributed by atoms with Gasteiger partial charge in [0, 0.05) is 19.7 Å². The Morgan fingerprint density at radius 2 is 1.64 bits per heavy atom. The molecular formula is C16H18N2O3S. The highest BCUT2D eigenvalue weighted by atomic mass is 32.2. The normalized spacial score (nSPS) is 11.0. The van der Waals surface area contributed by atoms with E-state index in [-0.39, 0.29) is 10.8 Å². The first-order valence-electron chi connectivity index (χ1n) is 6.72. The summed E-state index contributed by atoms with van der Waals surface area (Å²) in [4.78, 5) is 13.7. The summed E-state index contributed by atoms with van der Waals surface area (Å²) < 4.78 is 27.3. The molecule has 0 fully saturated rings. The van der Waals surface area contributed by atoms with Crippen molar-refractivity contribution in [2.24, 2.45) is 0 Å². The van der Waals surface area contributed by atoms with Gasteiger partial charge in [0.2, 0.25) is 0 Å². The molecule has 0 radical (unpaired) electrons. The van der Waals surface area contributed by atoms with E-state index < -0.39 is 10.0 Å². The van der Waals surface area contributed by atoms with Crippen molar-refractivity contribution in [3.63, 3.8) is 0 Å². The molecule has 2 rings (SSSR count). The second-order valence-electron chi connectivity index (χ2n) is 5.10. The monoisotopic (exact) mass is 318 g/mol. The predicted molar refractivity (Wildman–Crippen MR) is 86.4 cm³/mol. The SMILES string of the molecule is Cc1c(NS(=O)(=O)c2ccccc2)cccc1C(=O)N(C)C. The molecule has 0 saturated heterocycles. The summed E-state index contributed by atoms with van der Waals surface area (Å²) in [5.74, 6) is -0.168. The molecule has 0 heterocycles. The summed E-state index contributed by atoms with van der Waals surface area (Å²) >= 11 is 0. The molecule has 0 spiro atoms. The minimum absolute atomic E-state index is 0.168. The topological polar surface area (TPSA) is 66.5 Å². The van der Waals surface area contributed by atoms with Gasteiger partial charge in [-0.2, -0.15) is 0 Å². The third-order valence-electron chi connectivity index (χ3n) is 3.27. The average molecular weight is 318 g/mol. The highest BCUT2D eigenvalue weighted by Gasteiger charge is 2.18. The van der Waals surface area contributed by atoms with E-state index >= 15 is 0 Å². The van der Waals surface area contributed by atoms with E-state index in [0.717, 1.165) is 0 Å². The summed E-state index contributed by atoms with van der Waals surface area (Å²) in [6.45, 7) is 1.72. The summed E-state index contributed by atoms with van der Waals surface area (Å²) in [7, 11) is -0.363. The number of carbonyl (C=O) groups is 1. The number of nitrogens with one attached hydrogen (secondary N) is 1. The van der Waals surface area contributed by atoms with Gasteiger partial charge in [-0.15, -0.1) is 0 Å². The Balaban J connectivity index is 2.39. The first-order chi connectivity index (χ1) is 10.3. The van der Waals surface area contributed by atoms with Gasteiger partial charge in [0.05, 0.1) is 10.6 Å². The second kappa shape index (κ2) is 6.19. The van der Waals surface area contributed by atoms with Crippen LogP contribution in [0.4, 0.5) is 5.69 Å². The molecule has 0 aliphatic heterocycles. The Morgan fingerprint density at radius 1 is 1.00 bits per heavy atom. The van der Waals surface area contributed by atoms with Gasteiger partial charge in [-0.3, -0.25) is 9.52 Å². The molecule has 0 bridgehead atoms. The van der Waals surface area contributed by atoms with Crippen LogP contribution in [0, 0.1) is 6.92 Å². The summed E-state index contributed by atoms with van der Waals surface area (Å²) in [5.41, 5.74) is 1.47. The second-order valence-corrected chi connectivity index (χ2v) is 6.78. The number of amides is 1. The molecule has 0 aliphatic rings. The first kappa shape index (κ1) is 16.0. The smallest absolute Gasteiger partial charge is 0.261 e. The molecule has 22 heavy (non-hydrogen) atoms. The number of sulfonamides is 1. The van der Waals surface area contributed by atoms with E-state index in [9.17, 15) is 13.2 Å². The Bertz CT molecular complexity index is 784.